The third kappa shape index (κ3) is 1.97. The Hall–Kier alpha value is -1.27. The minimum Gasteiger partial charge on any atom is -0.390 e. The Morgan fingerprint density at radius 2 is 2.21 bits per heavy atom. The maximum absolute atomic E-state index is 12.2. The van der Waals surface area contributed by atoms with E-state index in [1.807, 2.05) is 0 Å². The minimum absolute atomic E-state index is 0.0512. The van der Waals surface area contributed by atoms with Crippen LogP contribution in [-0.2, 0) is 13.2 Å². The summed E-state index contributed by atoms with van der Waals surface area (Å²) in [7, 11) is 0. The van der Waals surface area contributed by atoms with Crippen LogP contribution in [0.4, 0.5) is 8.78 Å². The van der Waals surface area contributed by atoms with Crippen molar-refractivity contribution in [3.05, 3.63) is 33.2 Å². The quantitative estimate of drug-likeness (QED) is 0.660. The molecule has 4 nitrogen and oxygen atoms in total. The maximum atomic E-state index is 12.2. The number of alkyl halides is 2. The summed E-state index contributed by atoms with van der Waals surface area (Å²) in [6.07, 6.45) is -2.76. The molecule has 6 heteroatoms. The van der Waals surface area contributed by atoms with Gasteiger partial charge in [-0.1, -0.05) is 0 Å². The molecule has 0 unspecified atom stereocenters. The SMILES string of the molecule is NCc1c(CO)[nH]c(C(F)F)cc1=O. The van der Waals surface area contributed by atoms with E-state index in [2.05, 4.69) is 4.98 Å². The molecule has 0 fully saturated rings. The van der Waals surface area contributed by atoms with Crippen molar-refractivity contribution >= 4 is 0 Å². The fourth-order valence-electron chi connectivity index (χ4n) is 1.14. The van der Waals surface area contributed by atoms with Gasteiger partial charge in [-0.2, -0.15) is 0 Å². The number of nitrogens with one attached hydrogen (secondary N) is 1. The Labute approximate surface area is 78.4 Å². The first kappa shape index (κ1) is 10.8. The fraction of sp³-hybridized carbons (Fsp3) is 0.375. The van der Waals surface area contributed by atoms with Crippen LogP contribution in [0.1, 0.15) is 23.4 Å². The lowest BCUT2D eigenvalue weighted by molar-refractivity contribution is 0.145. The van der Waals surface area contributed by atoms with Gasteiger partial charge >= 0.3 is 0 Å². The molecule has 0 aliphatic carbocycles. The number of nitrogens with two attached hydrogens (primary N) is 1. The highest BCUT2D eigenvalue weighted by atomic mass is 19.3. The Morgan fingerprint density at radius 1 is 1.57 bits per heavy atom. The topological polar surface area (TPSA) is 79.1 Å². The van der Waals surface area contributed by atoms with E-state index in [1.165, 1.54) is 0 Å². The number of pyridine rings is 1. The van der Waals surface area contributed by atoms with Gasteiger partial charge in [0.2, 0.25) is 0 Å². The molecule has 1 rings (SSSR count). The van der Waals surface area contributed by atoms with Crippen molar-refractivity contribution in [2.75, 3.05) is 0 Å². The highest BCUT2D eigenvalue weighted by Gasteiger charge is 2.13. The Balaban J connectivity index is 3.32. The van der Waals surface area contributed by atoms with Crippen molar-refractivity contribution in [1.82, 2.24) is 4.98 Å². The van der Waals surface area contributed by atoms with Crippen LogP contribution in [0.3, 0.4) is 0 Å². The second kappa shape index (κ2) is 4.30. The molecule has 4 N–H and O–H groups in total. The van der Waals surface area contributed by atoms with Crippen LogP contribution in [0, 0.1) is 0 Å². The van der Waals surface area contributed by atoms with Crippen molar-refractivity contribution < 1.29 is 13.9 Å². The summed E-state index contributed by atoms with van der Waals surface area (Å²) in [6, 6.07) is 0.798. The summed E-state index contributed by atoms with van der Waals surface area (Å²) in [5.41, 5.74) is 4.34. The molecule has 0 aliphatic heterocycles. The molecule has 1 aromatic heterocycles. The molecule has 0 aliphatic rings. The maximum Gasteiger partial charge on any atom is 0.278 e. The molecule has 0 atom stereocenters. The van der Waals surface area contributed by atoms with E-state index in [0.717, 1.165) is 6.07 Å². The number of hydrogen-bond acceptors (Lipinski definition) is 3. The normalized spacial score (nSPS) is 10.9. The zero-order chi connectivity index (χ0) is 10.7. The summed E-state index contributed by atoms with van der Waals surface area (Å²) in [4.78, 5) is 13.5. The van der Waals surface area contributed by atoms with Crippen molar-refractivity contribution in [3.8, 4) is 0 Å². The van der Waals surface area contributed by atoms with Crippen LogP contribution in [0.2, 0.25) is 0 Å². The average molecular weight is 204 g/mol. The molecule has 0 radical (unpaired) electrons. The number of rotatable bonds is 3. The molecule has 78 valence electrons. The standard InChI is InChI=1S/C8H10F2N2O2/c9-8(10)5-1-7(14)4(2-11)6(3-13)12-5/h1,8,13H,2-3,11H2,(H,12,14). The van der Waals surface area contributed by atoms with Gasteiger partial charge < -0.3 is 15.8 Å². The summed E-state index contributed by atoms with van der Waals surface area (Å²) in [5, 5.41) is 8.81. The fourth-order valence-corrected chi connectivity index (χ4v) is 1.14. The van der Waals surface area contributed by atoms with Crippen LogP contribution in [-0.4, -0.2) is 10.1 Å². The smallest absolute Gasteiger partial charge is 0.278 e. The Kier molecular flexibility index (Phi) is 3.32. The lowest BCUT2D eigenvalue weighted by Crippen LogP contribution is -2.19. The number of aromatic nitrogens is 1. The van der Waals surface area contributed by atoms with E-state index < -0.39 is 24.2 Å². The van der Waals surface area contributed by atoms with E-state index in [-0.39, 0.29) is 17.8 Å². The summed E-state index contributed by atoms with van der Waals surface area (Å²) >= 11 is 0. The van der Waals surface area contributed by atoms with Crippen molar-refractivity contribution in [1.29, 1.82) is 0 Å². The van der Waals surface area contributed by atoms with E-state index in [4.69, 9.17) is 10.8 Å². The number of halogens is 2. The first-order valence-corrected chi connectivity index (χ1v) is 3.94. The Morgan fingerprint density at radius 3 is 2.64 bits per heavy atom. The van der Waals surface area contributed by atoms with Crippen LogP contribution in [0.25, 0.3) is 0 Å². The van der Waals surface area contributed by atoms with E-state index in [0.29, 0.717) is 0 Å². The van der Waals surface area contributed by atoms with Gasteiger partial charge in [-0.05, 0) is 0 Å². The molecule has 0 bridgehead atoms. The monoisotopic (exact) mass is 204 g/mol. The van der Waals surface area contributed by atoms with E-state index in [1.54, 1.807) is 0 Å². The number of hydrogen-bond donors (Lipinski definition) is 3. The van der Waals surface area contributed by atoms with Crippen LogP contribution in [0.5, 0.6) is 0 Å². The lowest BCUT2D eigenvalue weighted by atomic mass is 10.1. The largest absolute Gasteiger partial charge is 0.390 e. The molecule has 0 amide bonds. The van der Waals surface area contributed by atoms with Crippen LogP contribution >= 0.6 is 0 Å². The van der Waals surface area contributed by atoms with Gasteiger partial charge in [-0.15, -0.1) is 0 Å². The van der Waals surface area contributed by atoms with Gasteiger partial charge in [0.1, 0.15) is 0 Å². The van der Waals surface area contributed by atoms with Gasteiger partial charge in [0, 0.05) is 23.9 Å². The second-order valence-corrected chi connectivity index (χ2v) is 2.71. The van der Waals surface area contributed by atoms with Crippen molar-refractivity contribution in [2.24, 2.45) is 5.73 Å². The number of aliphatic hydroxyl groups is 1. The zero-order valence-corrected chi connectivity index (χ0v) is 7.26. The molecule has 0 spiro atoms. The van der Waals surface area contributed by atoms with Gasteiger partial charge in [-0.3, -0.25) is 4.79 Å². The molecule has 0 saturated carbocycles. The van der Waals surface area contributed by atoms with Crippen LogP contribution in [0.15, 0.2) is 10.9 Å². The highest BCUT2D eigenvalue weighted by molar-refractivity contribution is 5.23. The number of aromatic amines is 1. The molecule has 1 heterocycles. The predicted molar refractivity (Wildman–Crippen MR) is 45.8 cm³/mol. The van der Waals surface area contributed by atoms with Gasteiger partial charge in [-0.25, -0.2) is 8.78 Å². The number of H-pyrrole nitrogens is 1. The molecule has 14 heavy (non-hydrogen) atoms. The predicted octanol–water partition coefficient (Wildman–Crippen LogP) is 0.264. The number of aliphatic hydroxyl groups excluding tert-OH is 1. The molecular formula is C8H10F2N2O2. The highest BCUT2D eigenvalue weighted by Crippen LogP contribution is 2.15. The third-order valence-corrected chi connectivity index (χ3v) is 1.84. The summed E-state index contributed by atoms with van der Waals surface area (Å²) in [6.45, 7) is -0.600. The molecular weight excluding hydrogens is 194 g/mol. The summed E-state index contributed by atoms with van der Waals surface area (Å²) < 4.78 is 24.4. The van der Waals surface area contributed by atoms with Gasteiger partial charge in [0.15, 0.2) is 5.43 Å². The molecule has 1 aromatic rings. The van der Waals surface area contributed by atoms with E-state index in [9.17, 15) is 13.6 Å². The first-order valence-electron chi connectivity index (χ1n) is 3.94. The zero-order valence-electron chi connectivity index (χ0n) is 7.26. The van der Waals surface area contributed by atoms with Gasteiger partial charge in [0.05, 0.1) is 12.3 Å². The first-order chi connectivity index (χ1) is 6.60. The third-order valence-electron chi connectivity index (χ3n) is 1.84. The van der Waals surface area contributed by atoms with Gasteiger partial charge in [0.25, 0.3) is 6.43 Å². The molecule has 0 saturated heterocycles. The van der Waals surface area contributed by atoms with Crippen LogP contribution < -0.4 is 11.2 Å². The van der Waals surface area contributed by atoms with Crippen molar-refractivity contribution in [2.45, 2.75) is 19.6 Å². The molecule has 0 aromatic carbocycles. The second-order valence-electron chi connectivity index (χ2n) is 2.71. The lowest BCUT2D eigenvalue weighted by Gasteiger charge is -2.07. The van der Waals surface area contributed by atoms with E-state index >= 15 is 0 Å². The van der Waals surface area contributed by atoms with Crippen molar-refractivity contribution in [3.63, 3.8) is 0 Å². The minimum atomic E-state index is -2.76. The Bertz CT molecular complexity index is 376. The average Bonchev–Trinajstić information content (AvgIpc) is 2.16. The summed E-state index contributed by atoms with van der Waals surface area (Å²) in [5.74, 6) is 0.